The van der Waals surface area contributed by atoms with Crippen molar-refractivity contribution in [3.8, 4) is 22.8 Å². The Labute approximate surface area is 208 Å². The molecule has 0 unspecified atom stereocenters. The Morgan fingerprint density at radius 1 is 1.12 bits per heavy atom. The number of pyridine rings is 3. The van der Waals surface area contributed by atoms with E-state index in [2.05, 4.69) is 51.4 Å². The molecule has 0 fully saturated rings. The highest BCUT2D eigenvalue weighted by Gasteiger charge is 2.21. The average Bonchev–Trinajstić information content (AvgIpc) is 2.72. The Balaban J connectivity index is 0.000000357. The van der Waals surface area contributed by atoms with Crippen LogP contribution in [0.25, 0.3) is 11.3 Å². The predicted molar refractivity (Wildman–Crippen MR) is 137 cm³/mol. The highest BCUT2D eigenvalue weighted by molar-refractivity contribution is 14.1. The van der Waals surface area contributed by atoms with Crippen LogP contribution in [-0.2, 0) is 0 Å². The van der Waals surface area contributed by atoms with E-state index in [1.54, 1.807) is 37.3 Å². The Morgan fingerprint density at radius 3 is 2.39 bits per heavy atom. The maximum Gasteiger partial charge on any atom is 0.174 e. The zero-order valence-electron chi connectivity index (χ0n) is 19.6. The summed E-state index contributed by atoms with van der Waals surface area (Å²) in [6.07, 6.45) is 2.32. The number of aryl methyl sites for hydroxylation is 2. The van der Waals surface area contributed by atoms with Gasteiger partial charge in [-0.25, -0.2) is 19.3 Å². The van der Waals surface area contributed by atoms with Crippen molar-refractivity contribution < 1.29 is 14.2 Å². The summed E-state index contributed by atoms with van der Waals surface area (Å²) < 4.78 is 20.8. The van der Waals surface area contributed by atoms with Gasteiger partial charge in [0.05, 0.1) is 17.1 Å². The molecular formula is C24H31FIN5O2. The topological polar surface area (TPSA) is 120 Å². The third kappa shape index (κ3) is 8.08. The van der Waals surface area contributed by atoms with E-state index >= 15 is 0 Å². The molecule has 0 amide bonds. The summed E-state index contributed by atoms with van der Waals surface area (Å²) in [6, 6.07) is 8.44. The van der Waals surface area contributed by atoms with Gasteiger partial charge in [0.15, 0.2) is 11.6 Å². The van der Waals surface area contributed by atoms with Gasteiger partial charge in [-0.3, -0.25) is 0 Å². The van der Waals surface area contributed by atoms with Gasteiger partial charge < -0.3 is 21.3 Å². The first-order valence-corrected chi connectivity index (χ1v) is 11.6. The average molecular weight is 567 g/mol. The number of anilines is 1. The smallest absolute Gasteiger partial charge is 0.174 e. The van der Waals surface area contributed by atoms with Gasteiger partial charge in [-0.2, -0.15) is 0 Å². The third-order valence-corrected chi connectivity index (χ3v) is 5.29. The van der Waals surface area contributed by atoms with Crippen LogP contribution in [0.2, 0.25) is 0 Å². The normalized spacial score (nSPS) is 12.6. The Bertz CT molecular complexity index is 1090. The number of halogens is 2. The molecule has 0 bridgehead atoms. The summed E-state index contributed by atoms with van der Waals surface area (Å²) in [5.74, 6) is 0.687. The molecule has 0 saturated carbocycles. The van der Waals surface area contributed by atoms with E-state index in [1.165, 1.54) is 6.20 Å². The molecule has 9 heteroatoms. The number of nitrogens with two attached hydrogens (primary N) is 2. The van der Waals surface area contributed by atoms with E-state index in [0.717, 1.165) is 10.1 Å². The molecule has 5 N–H and O–H groups in total. The lowest BCUT2D eigenvalue weighted by Gasteiger charge is -2.27. The van der Waals surface area contributed by atoms with Gasteiger partial charge in [-0.1, -0.05) is 13.8 Å². The number of nitrogen functional groups attached to an aromatic ring is 1. The molecule has 3 rings (SSSR count). The molecule has 178 valence electrons. The van der Waals surface area contributed by atoms with Crippen molar-refractivity contribution >= 4 is 28.4 Å². The van der Waals surface area contributed by atoms with E-state index in [-0.39, 0.29) is 11.6 Å². The lowest BCUT2D eigenvalue weighted by molar-refractivity contribution is 0.205. The van der Waals surface area contributed by atoms with Gasteiger partial charge in [-0.05, 0) is 86.0 Å². The fourth-order valence-corrected chi connectivity index (χ4v) is 3.81. The molecule has 0 saturated heterocycles. The van der Waals surface area contributed by atoms with E-state index < -0.39 is 11.4 Å². The molecular weight excluding hydrogens is 536 g/mol. The van der Waals surface area contributed by atoms with Crippen LogP contribution in [0.1, 0.15) is 38.6 Å². The molecule has 0 spiro atoms. The van der Waals surface area contributed by atoms with E-state index in [1.807, 2.05) is 13.8 Å². The van der Waals surface area contributed by atoms with E-state index in [4.69, 9.17) is 21.3 Å². The lowest BCUT2D eigenvalue weighted by Crippen LogP contribution is -2.43. The molecule has 3 aromatic rings. The monoisotopic (exact) mass is 567 g/mol. The minimum atomic E-state index is -0.565. The molecule has 33 heavy (non-hydrogen) atoms. The number of aromatic nitrogens is 3. The number of hydrogen-bond acceptors (Lipinski definition) is 7. The number of hydrogen-bond donors (Lipinski definition) is 3. The minimum absolute atomic E-state index is 0.139. The second-order valence-electron chi connectivity index (χ2n) is 8.62. The van der Waals surface area contributed by atoms with Crippen molar-refractivity contribution in [2.45, 2.75) is 46.6 Å². The summed E-state index contributed by atoms with van der Waals surface area (Å²) in [4.78, 5) is 12.1. The second-order valence-corrected chi connectivity index (χ2v) is 9.72. The Hall–Kier alpha value is -2.53. The van der Waals surface area contributed by atoms with E-state index in [9.17, 15) is 4.39 Å². The van der Waals surface area contributed by atoms with E-state index in [0.29, 0.717) is 40.9 Å². The van der Waals surface area contributed by atoms with Gasteiger partial charge >= 0.3 is 0 Å². The third-order valence-electron chi connectivity index (χ3n) is 4.69. The summed E-state index contributed by atoms with van der Waals surface area (Å²) >= 11 is 2.10. The van der Waals surface area contributed by atoms with Crippen LogP contribution < -0.4 is 16.2 Å². The van der Waals surface area contributed by atoms with Gasteiger partial charge in [-0.15, -0.1) is 0 Å². The van der Waals surface area contributed by atoms with Gasteiger partial charge in [0.2, 0.25) is 0 Å². The first-order valence-electron chi connectivity index (χ1n) is 10.5. The Morgan fingerprint density at radius 2 is 1.82 bits per heavy atom. The molecule has 0 aliphatic heterocycles. The van der Waals surface area contributed by atoms with Crippen LogP contribution >= 0.6 is 22.6 Å². The standard InChI is InChI=1S/C18H25FN4O.C6H6INO/c1-11(2)9-18(4,21)10-24-15-6-5-14(23-12(15)3)13-7-8-22-17(20)16(13)19;1-4-5(9)2-3-6(7)8-4/h5-8,11H,9-10,21H2,1-4H3,(H2,20,22);2-3,9H,1H3/t18-;/m0./s1. The van der Waals surface area contributed by atoms with Gasteiger partial charge in [0.25, 0.3) is 0 Å². The van der Waals surface area contributed by atoms with Crippen LogP contribution in [-0.4, -0.2) is 32.2 Å². The molecule has 0 aliphatic carbocycles. The Kier molecular flexibility index (Phi) is 9.35. The number of aromatic hydroxyl groups is 1. The maximum atomic E-state index is 14.1. The molecule has 7 nitrogen and oxygen atoms in total. The molecule has 0 radical (unpaired) electrons. The first-order chi connectivity index (χ1) is 15.4. The first kappa shape index (κ1) is 26.7. The van der Waals surface area contributed by atoms with Crippen molar-refractivity contribution in [2.24, 2.45) is 11.7 Å². The highest BCUT2D eigenvalue weighted by atomic mass is 127. The summed E-state index contributed by atoms with van der Waals surface area (Å²) in [6.45, 7) is 10.2. The minimum Gasteiger partial charge on any atom is -0.506 e. The van der Waals surface area contributed by atoms with Gasteiger partial charge in [0.1, 0.15) is 21.8 Å². The summed E-state index contributed by atoms with van der Waals surface area (Å²) in [5.41, 5.74) is 13.5. The largest absolute Gasteiger partial charge is 0.506 e. The van der Waals surface area contributed by atoms with Crippen molar-refractivity contribution in [3.63, 3.8) is 0 Å². The molecule has 3 aromatic heterocycles. The van der Waals surface area contributed by atoms with Crippen LogP contribution in [0.15, 0.2) is 36.5 Å². The van der Waals surface area contributed by atoms with Crippen molar-refractivity contribution in [2.75, 3.05) is 12.3 Å². The number of ether oxygens (including phenoxy) is 1. The van der Waals surface area contributed by atoms with Crippen LogP contribution in [0.4, 0.5) is 10.2 Å². The molecule has 0 aliphatic rings. The fraction of sp³-hybridized carbons (Fsp3) is 0.375. The quantitative estimate of drug-likeness (QED) is 0.283. The summed E-state index contributed by atoms with van der Waals surface area (Å²) in [5, 5.41) is 8.98. The van der Waals surface area contributed by atoms with Crippen LogP contribution in [0.5, 0.6) is 11.5 Å². The van der Waals surface area contributed by atoms with Gasteiger partial charge in [0, 0.05) is 17.3 Å². The second kappa shape index (κ2) is 11.6. The number of rotatable bonds is 6. The maximum absolute atomic E-state index is 14.1. The summed E-state index contributed by atoms with van der Waals surface area (Å²) in [7, 11) is 0. The zero-order chi connectivity index (χ0) is 24.8. The molecule has 3 heterocycles. The SMILES string of the molecule is Cc1nc(-c2ccnc(N)c2F)ccc1OC[C@@](C)(N)CC(C)C.Cc1nc(I)ccc1O. The van der Waals surface area contributed by atoms with Crippen molar-refractivity contribution in [3.05, 3.63) is 57.4 Å². The predicted octanol–water partition coefficient (Wildman–Crippen LogP) is 5.02. The fourth-order valence-electron chi connectivity index (χ4n) is 3.27. The lowest BCUT2D eigenvalue weighted by atomic mass is 9.93. The highest BCUT2D eigenvalue weighted by Crippen LogP contribution is 2.27. The molecule has 1 atom stereocenters. The van der Waals surface area contributed by atoms with Crippen molar-refractivity contribution in [1.82, 2.24) is 15.0 Å². The zero-order valence-corrected chi connectivity index (χ0v) is 21.7. The molecule has 0 aromatic carbocycles. The van der Waals surface area contributed by atoms with Crippen molar-refractivity contribution in [1.29, 1.82) is 0 Å². The van der Waals surface area contributed by atoms with Crippen LogP contribution in [0.3, 0.4) is 0 Å². The van der Waals surface area contributed by atoms with Crippen LogP contribution in [0, 0.1) is 29.3 Å². The number of nitrogens with zero attached hydrogens (tertiary/aromatic N) is 3.